The zero-order chi connectivity index (χ0) is 13.9. The second-order valence-corrected chi connectivity index (χ2v) is 5.20. The van der Waals surface area contributed by atoms with Crippen molar-refractivity contribution in [2.45, 2.75) is 12.8 Å². The molecule has 20 heavy (non-hydrogen) atoms. The lowest BCUT2D eigenvalue weighted by atomic mass is 9.88. The molecule has 0 spiro atoms. The van der Waals surface area contributed by atoms with E-state index in [1.807, 2.05) is 24.3 Å². The Bertz CT molecular complexity index is 803. The van der Waals surface area contributed by atoms with Gasteiger partial charge in [-0.3, -0.25) is 4.79 Å². The smallest absolute Gasteiger partial charge is 0.170 e. The van der Waals surface area contributed by atoms with Crippen LogP contribution in [0.1, 0.15) is 33.5 Å². The first-order valence-corrected chi connectivity index (χ1v) is 6.48. The van der Waals surface area contributed by atoms with Gasteiger partial charge in [0.25, 0.3) is 0 Å². The number of carbonyl (C=O) groups is 1. The zero-order valence-electron chi connectivity index (χ0n) is 10.5. The molecule has 0 atom stereocenters. The molecule has 0 saturated heterocycles. The molecule has 0 fully saturated rings. The molecule has 0 heterocycles. The average molecular weight is 268 g/mol. The predicted molar refractivity (Wildman–Crippen MR) is 72.7 cm³/mol. The number of ketones is 1. The summed E-state index contributed by atoms with van der Waals surface area (Å²) in [5.41, 5.74) is 4.10. The lowest BCUT2D eigenvalue weighted by molar-refractivity contribution is 0.0984. The van der Waals surface area contributed by atoms with Gasteiger partial charge < -0.3 is 0 Å². The van der Waals surface area contributed by atoms with Gasteiger partial charge >= 0.3 is 0 Å². The summed E-state index contributed by atoms with van der Waals surface area (Å²) >= 11 is 0. The molecule has 0 radical (unpaired) electrons. The first kappa shape index (κ1) is 11.5. The van der Waals surface area contributed by atoms with Crippen molar-refractivity contribution >= 4 is 11.9 Å². The van der Waals surface area contributed by atoms with E-state index in [1.165, 1.54) is 6.07 Å². The van der Waals surface area contributed by atoms with Crippen LogP contribution >= 0.6 is 0 Å². The first-order valence-electron chi connectivity index (χ1n) is 6.48. The van der Waals surface area contributed by atoms with Crippen LogP contribution in [0.5, 0.6) is 0 Å². The molecule has 2 aromatic rings. The Morgan fingerprint density at radius 3 is 2.65 bits per heavy atom. The van der Waals surface area contributed by atoms with E-state index in [0.29, 0.717) is 12.0 Å². The fourth-order valence-corrected chi connectivity index (χ4v) is 3.17. The summed E-state index contributed by atoms with van der Waals surface area (Å²) in [4.78, 5) is 12.1. The molecule has 0 amide bonds. The van der Waals surface area contributed by atoms with Gasteiger partial charge in [0.1, 0.15) is 11.6 Å². The molecule has 0 bridgehead atoms. The van der Waals surface area contributed by atoms with Crippen molar-refractivity contribution in [3.63, 3.8) is 0 Å². The van der Waals surface area contributed by atoms with E-state index in [1.54, 1.807) is 0 Å². The number of allylic oxidation sites excluding steroid dienone is 1. The molecular weight excluding hydrogens is 258 g/mol. The highest BCUT2D eigenvalue weighted by Crippen LogP contribution is 2.42. The van der Waals surface area contributed by atoms with E-state index in [4.69, 9.17) is 0 Å². The maximum atomic E-state index is 14.2. The third-order valence-electron chi connectivity index (χ3n) is 4.01. The molecule has 3 heteroatoms. The molecule has 1 nitrogen and oxygen atoms in total. The summed E-state index contributed by atoms with van der Waals surface area (Å²) < 4.78 is 27.6. The van der Waals surface area contributed by atoms with Gasteiger partial charge in [-0.25, -0.2) is 8.78 Å². The number of carbonyl (C=O) groups excluding carboxylic acids is 1. The van der Waals surface area contributed by atoms with Crippen molar-refractivity contribution in [2.24, 2.45) is 0 Å². The topological polar surface area (TPSA) is 17.1 Å². The Hall–Kier alpha value is -2.29. The monoisotopic (exact) mass is 268 g/mol. The number of rotatable bonds is 0. The maximum absolute atomic E-state index is 14.2. The van der Waals surface area contributed by atoms with E-state index in [-0.39, 0.29) is 17.8 Å². The molecule has 0 unspecified atom stereocenters. The second kappa shape index (κ2) is 3.85. The summed E-state index contributed by atoms with van der Waals surface area (Å²) in [6, 6.07) is 9.14. The highest BCUT2D eigenvalue weighted by atomic mass is 19.1. The van der Waals surface area contributed by atoms with Gasteiger partial charge in [0.2, 0.25) is 0 Å². The van der Waals surface area contributed by atoms with Crippen LogP contribution in [0.25, 0.3) is 17.2 Å². The van der Waals surface area contributed by atoms with Crippen molar-refractivity contribution in [1.82, 2.24) is 0 Å². The number of halogens is 2. The Labute approximate surface area is 114 Å². The molecule has 98 valence electrons. The summed E-state index contributed by atoms with van der Waals surface area (Å²) in [6.07, 6.45) is 1.49. The second-order valence-electron chi connectivity index (χ2n) is 5.20. The summed E-state index contributed by atoms with van der Waals surface area (Å²) in [7, 11) is 0. The molecule has 0 aromatic heterocycles. The number of hydrogen-bond donors (Lipinski definition) is 0. The van der Waals surface area contributed by atoms with Gasteiger partial charge in [-0.1, -0.05) is 24.3 Å². The van der Waals surface area contributed by atoms with Crippen LogP contribution in [0, 0.1) is 5.82 Å². The van der Waals surface area contributed by atoms with E-state index in [0.717, 1.165) is 28.3 Å². The lowest BCUT2D eigenvalue weighted by Crippen LogP contribution is -2.12. The Balaban J connectivity index is 2.06. The number of fused-ring (bicyclic) bond motifs is 5. The number of Topliss-reactive ketones (excluding diaryl/α,β-unsaturated/α-hetero) is 1. The minimum Gasteiger partial charge on any atom is -0.294 e. The van der Waals surface area contributed by atoms with Crippen LogP contribution in [0.4, 0.5) is 8.78 Å². The Morgan fingerprint density at radius 2 is 1.80 bits per heavy atom. The highest BCUT2D eigenvalue weighted by molar-refractivity contribution is 6.07. The minimum absolute atomic E-state index is 0.102. The average Bonchev–Trinajstić information content (AvgIpc) is 2.77. The van der Waals surface area contributed by atoms with E-state index < -0.39 is 11.6 Å². The highest BCUT2D eigenvalue weighted by Gasteiger charge is 2.30. The summed E-state index contributed by atoms with van der Waals surface area (Å²) in [6.45, 7) is 0. The Kier molecular flexibility index (Phi) is 2.22. The third-order valence-corrected chi connectivity index (χ3v) is 4.01. The fraction of sp³-hybridized carbons (Fsp3) is 0.118. The van der Waals surface area contributed by atoms with Gasteiger partial charge in [0.05, 0.1) is 6.42 Å². The summed E-state index contributed by atoms with van der Waals surface area (Å²) in [5, 5.41) is 0. The van der Waals surface area contributed by atoms with Crippen molar-refractivity contribution < 1.29 is 13.6 Å². The van der Waals surface area contributed by atoms with Crippen LogP contribution in [0.2, 0.25) is 0 Å². The number of benzene rings is 2. The van der Waals surface area contributed by atoms with Crippen LogP contribution < -0.4 is 0 Å². The zero-order valence-corrected chi connectivity index (χ0v) is 10.5. The van der Waals surface area contributed by atoms with Crippen molar-refractivity contribution in [3.8, 4) is 11.1 Å². The van der Waals surface area contributed by atoms with Crippen LogP contribution in [-0.2, 0) is 6.42 Å². The van der Waals surface area contributed by atoms with Gasteiger partial charge in [-0.15, -0.1) is 0 Å². The van der Waals surface area contributed by atoms with Gasteiger partial charge in [0.15, 0.2) is 5.78 Å². The molecule has 2 aromatic carbocycles. The lowest BCUT2D eigenvalue weighted by Gasteiger charge is -2.16. The molecule has 2 aliphatic rings. The predicted octanol–water partition coefficient (Wildman–Crippen LogP) is 4.29. The molecule has 4 rings (SSSR count). The van der Waals surface area contributed by atoms with Gasteiger partial charge in [0, 0.05) is 11.1 Å². The van der Waals surface area contributed by atoms with Crippen molar-refractivity contribution in [3.05, 3.63) is 64.2 Å². The number of hydrogen-bond acceptors (Lipinski definition) is 1. The van der Waals surface area contributed by atoms with Crippen LogP contribution in [0.15, 0.2) is 36.2 Å². The quantitative estimate of drug-likeness (QED) is 0.594. The molecule has 0 aliphatic heterocycles. The summed E-state index contributed by atoms with van der Waals surface area (Å²) in [5.74, 6) is -1.43. The maximum Gasteiger partial charge on any atom is 0.170 e. The largest absolute Gasteiger partial charge is 0.294 e. The molecule has 2 aliphatic carbocycles. The van der Waals surface area contributed by atoms with E-state index in [9.17, 15) is 13.6 Å². The van der Waals surface area contributed by atoms with E-state index in [2.05, 4.69) is 0 Å². The standard InChI is InChI=1S/C17H10F2O/c18-10-6-14-15(19)8-12-11-4-2-1-3-9(11)5-13(12)17(14)16(20)7-10/h1-4,6,8H,5,7H2. The first-order chi connectivity index (χ1) is 9.65. The fourth-order valence-electron chi connectivity index (χ4n) is 3.17. The van der Waals surface area contributed by atoms with Crippen LogP contribution in [0.3, 0.4) is 0 Å². The van der Waals surface area contributed by atoms with Gasteiger partial charge in [-0.2, -0.15) is 0 Å². The van der Waals surface area contributed by atoms with Crippen molar-refractivity contribution in [2.75, 3.05) is 0 Å². The minimum atomic E-state index is -0.572. The normalized spacial score (nSPS) is 15.5. The Morgan fingerprint density at radius 1 is 1.00 bits per heavy atom. The van der Waals surface area contributed by atoms with Crippen LogP contribution in [-0.4, -0.2) is 5.78 Å². The van der Waals surface area contributed by atoms with Gasteiger partial charge in [-0.05, 0) is 40.8 Å². The van der Waals surface area contributed by atoms with Crippen molar-refractivity contribution in [1.29, 1.82) is 0 Å². The van der Waals surface area contributed by atoms with E-state index >= 15 is 0 Å². The SMILES string of the molecule is O=C1CC(F)=Cc2c(F)cc3c(c21)Cc1ccccc1-3. The third kappa shape index (κ3) is 1.43. The molecule has 0 N–H and O–H groups in total. The molecular formula is C17H10F2O. The molecule has 0 saturated carbocycles.